The Morgan fingerprint density at radius 1 is 0.893 bits per heavy atom. The number of ether oxygens (including phenoxy) is 1. The van der Waals surface area contributed by atoms with Gasteiger partial charge in [-0.3, -0.25) is 0 Å². The van der Waals surface area contributed by atoms with Gasteiger partial charge in [-0.25, -0.2) is 4.39 Å². The number of allylic oxidation sites excluding steroid dienone is 1. The van der Waals surface area contributed by atoms with Crippen LogP contribution in [0, 0.1) is 5.82 Å². The lowest BCUT2D eigenvalue weighted by Crippen LogP contribution is -2.03. The van der Waals surface area contributed by atoms with Crippen molar-refractivity contribution in [2.45, 2.75) is 51.6 Å². The zero-order valence-electron chi connectivity index (χ0n) is 16.1. The molecule has 0 amide bonds. The van der Waals surface area contributed by atoms with Crippen molar-refractivity contribution in [2.75, 3.05) is 6.61 Å². The Morgan fingerprint density at radius 3 is 2.21 bits per heavy atom. The topological polar surface area (TPSA) is 9.23 Å². The molecule has 0 heterocycles. The van der Waals surface area contributed by atoms with Gasteiger partial charge >= 0.3 is 6.18 Å². The molecule has 0 saturated heterocycles. The molecule has 0 bridgehead atoms. The molecule has 2 rings (SSSR count). The second kappa shape index (κ2) is 10.9. The summed E-state index contributed by atoms with van der Waals surface area (Å²) < 4.78 is 55.3. The van der Waals surface area contributed by atoms with Crippen LogP contribution < -0.4 is 4.74 Å². The molecule has 0 unspecified atom stereocenters. The Balaban J connectivity index is 1.91. The summed E-state index contributed by atoms with van der Waals surface area (Å²) in [6.45, 7) is 1.86. The summed E-state index contributed by atoms with van der Waals surface area (Å²) >= 11 is 0. The van der Waals surface area contributed by atoms with E-state index in [9.17, 15) is 17.6 Å². The van der Waals surface area contributed by atoms with Crippen molar-refractivity contribution in [2.24, 2.45) is 0 Å². The summed E-state index contributed by atoms with van der Waals surface area (Å²) in [6.07, 6.45) is 3.72. The minimum absolute atomic E-state index is 0.0701. The highest BCUT2D eigenvalue weighted by Crippen LogP contribution is 2.26. The molecule has 28 heavy (non-hydrogen) atoms. The van der Waals surface area contributed by atoms with E-state index < -0.39 is 12.0 Å². The molecule has 1 nitrogen and oxygen atoms in total. The maximum atomic E-state index is 14.2. The molecule has 0 atom stereocenters. The Morgan fingerprint density at radius 2 is 1.57 bits per heavy atom. The maximum absolute atomic E-state index is 14.2. The highest BCUT2D eigenvalue weighted by atomic mass is 19.4. The molecular weight excluding hydrogens is 368 g/mol. The van der Waals surface area contributed by atoms with Gasteiger partial charge in [-0.05, 0) is 47.7 Å². The van der Waals surface area contributed by atoms with E-state index in [4.69, 9.17) is 4.74 Å². The van der Waals surface area contributed by atoms with Crippen LogP contribution >= 0.6 is 0 Å². The summed E-state index contributed by atoms with van der Waals surface area (Å²) in [4.78, 5) is 0. The van der Waals surface area contributed by atoms with Crippen molar-refractivity contribution >= 4 is 0 Å². The van der Waals surface area contributed by atoms with E-state index in [1.165, 1.54) is 49.8 Å². The average molecular weight is 394 g/mol. The Hall–Kier alpha value is -2.30. The van der Waals surface area contributed by atoms with Crippen molar-refractivity contribution in [1.82, 2.24) is 0 Å². The van der Waals surface area contributed by atoms with Crippen LogP contribution in [0.25, 0.3) is 11.1 Å². The number of benzene rings is 2. The van der Waals surface area contributed by atoms with Gasteiger partial charge in [0, 0.05) is 6.08 Å². The molecule has 0 N–H and O–H groups in total. The zero-order valence-corrected chi connectivity index (χ0v) is 16.1. The van der Waals surface area contributed by atoms with Gasteiger partial charge in [0.25, 0.3) is 0 Å². The predicted molar refractivity (Wildman–Crippen MR) is 105 cm³/mol. The lowest BCUT2D eigenvalue weighted by Gasteiger charge is -2.08. The number of unbranched alkanes of at least 4 members (excludes halogenated alkanes) is 4. The Kier molecular flexibility index (Phi) is 8.55. The van der Waals surface area contributed by atoms with Crippen LogP contribution in [0.2, 0.25) is 0 Å². The van der Waals surface area contributed by atoms with Crippen molar-refractivity contribution < 1.29 is 22.3 Å². The largest absolute Gasteiger partial charge is 0.486 e. The van der Waals surface area contributed by atoms with Gasteiger partial charge in [0.1, 0.15) is 6.61 Å². The van der Waals surface area contributed by atoms with Crippen LogP contribution in [-0.2, 0) is 6.42 Å². The molecule has 2 aromatic rings. The molecule has 0 aliphatic heterocycles. The quantitative estimate of drug-likeness (QED) is 0.230. The number of rotatable bonds is 10. The molecule has 0 spiro atoms. The molecule has 0 aliphatic carbocycles. The maximum Gasteiger partial charge on any atom is 0.409 e. The first-order valence-electron chi connectivity index (χ1n) is 9.65. The highest BCUT2D eigenvalue weighted by molar-refractivity contribution is 5.64. The lowest BCUT2D eigenvalue weighted by molar-refractivity contribution is -0.0801. The smallest absolute Gasteiger partial charge is 0.409 e. The molecule has 0 saturated carbocycles. The molecule has 5 heteroatoms. The van der Waals surface area contributed by atoms with E-state index in [1.54, 1.807) is 6.07 Å². The molecular formula is C23H26F4O. The third-order valence-corrected chi connectivity index (χ3v) is 4.43. The van der Waals surface area contributed by atoms with Crippen LogP contribution in [0.4, 0.5) is 17.6 Å². The number of alkyl halides is 3. The van der Waals surface area contributed by atoms with E-state index >= 15 is 0 Å². The minimum Gasteiger partial charge on any atom is -0.486 e. The molecule has 0 radical (unpaired) electrons. The van der Waals surface area contributed by atoms with E-state index in [-0.39, 0.29) is 18.4 Å². The second-order valence-corrected chi connectivity index (χ2v) is 6.76. The fourth-order valence-corrected chi connectivity index (χ4v) is 2.91. The number of hydrogen-bond donors (Lipinski definition) is 0. The molecule has 0 fully saturated rings. The van der Waals surface area contributed by atoms with Crippen LogP contribution in [0.5, 0.6) is 5.75 Å². The SMILES string of the molecule is CCCCCCCc1ccc(-c2ccc(OCC=CC(F)(F)F)c(F)c2)cc1. The average Bonchev–Trinajstić information content (AvgIpc) is 2.66. The van der Waals surface area contributed by atoms with E-state index in [2.05, 4.69) is 19.1 Å². The predicted octanol–water partition coefficient (Wildman–Crippen LogP) is 7.50. The number of halogens is 4. The highest BCUT2D eigenvalue weighted by Gasteiger charge is 2.21. The first-order chi connectivity index (χ1) is 13.4. The first-order valence-corrected chi connectivity index (χ1v) is 9.65. The molecule has 152 valence electrons. The normalized spacial score (nSPS) is 11.9. The number of aryl methyl sites for hydroxylation is 1. The van der Waals surface area contributed by atoms with E-state index in [0.717, 1.165) is 18.1 Å². The standard InChI is InChI=1S/C23H26F4O/c1-2-3-4-5-6-8-18-9-11-19(12-10-18)20-13-14-22(21(24)17-20)28-16-7-15-23(25,26)27/h7,9-15,17H,2-6,8,16H2,1H3. The fraction of sp³-hybridized carbons (Fsp3) is 0.391. The zero-order chi connectivity index (χ0) is 20.4. The van der Waals surface area contributed by atoms with Gasteiger partial charge in [0.15, 0.2) is 11.6 Å². The number of hydrogen-bond acceptors (Lipinski definition) is 1. The van der Waals surface area contributed by atoms with Crippen molar-refractivity contribution in [3.05, 3.63) is 66.0 Å². The van der Waals surface area contributed by atoms with Crippen molar-refractivity contribution in [1.29, 1.82) is 0 Å². The van der Waals surface area contributed by atoms with Gasteiger partial charge in [0.2, 0.25) is 0 Å². The second-order valence-electron chi connectivity index (χ2n) is 6.76. The third kappa shape index (κ3) is 7.75. The summed E-state index contributed by atoms with van der Waals surface area (Å²) in [6, 6.07) is 12.5. The monoisotopic (exact) mass is 394 g/mol. The van der Waals surface area contributed by atoms with Crippen molar-refractivity contribution in [3.63, 3.8) is 0 Å². The van der Waals surface area contributed by atoms with Crippen LogP contribution in [-0.4, -0.2) is 12.8 Å². The Labute approximate surface area is 164 Å². The molecule has 0 aromatic heterocycles. The van der Waals surface area contributed by atoms with E-state index in [0.29, 0.717) is 5.56 Å². The first kappa shape index (κ1) is 22.0. The summed E-state index contributed by atoms with van der Waals surface area (Å²) in [5, 5.41) is 0. The summed E-state index contributed by atoms with van der Waals surface area (Å²) in [5.41, 5.74) is 2.85. The van der Waals surface area contributed by atoms with Crippen LogP contribution in [0.3, 0.4) is 0 Å². The van der Waals surface area contributed by atoms with Gasteiger partial charge in [-0.1, -0.05) is 62.9 Å². The molecule has 0 aliphatic rings. The van der Waals surface area contributed by atoms with Crippen molar-refractivity contribution in [3.8, 4) is 16.9 Å². The lowest BCUT2D eigenvalue weighted by atomic mass is 10.0. The van der Waals surface area contributed by atoms with Crippen LogP contribution in [0.1, 0.15) is 44.6 Å². The minimum atomic E-state index is -4.40. The summed E-state index contributed by atoms with van der Waals surface area (Å²) in [7, 11) is 0. The van der Waals surface area contributed by atoms with Gasteiger partial charge < -0.3 is 4.74 Å². The van der Waals surface area contributed by atoms with E-state index in [1.807, 2.05) is 12.1 Å². The van der Waals surface area contributed by atoms with Gasteiger partial charge in [-0.15, -0.1) is 0 Å². The third-order valence-electron chi connectivity index (χ3n) is 4.43. The molecule has 2 aromatic carbocycles. The Bertz CT molecular complexity index is 748. The van der Waals surface area contributed by atoms with Gasteiger partial charge in [-0.2, -0.15) is 13.2 Å². The van der Waals surface area contributed by atoms with Crippen LogP contribution in [0.15, 0.2) is 54.6 Å². The van der Waals surface area contributed by atoms with Gasteiger partial charge in [0.05, 0.1) is 0 Å². The summed E-state index contributed by atoms with van der Waals surface area (Å²) in [5.74, 6) is -0.669. The fourth-order valence-electron chi connectivity index (χ4n) is 2.91.